The lowest BCUT2D eigenvalue weighted by Gasteiger charge is -2.01. The maximum Gasteiger partial charge on any atom is 0.335 e. The summed E-state index contributed by atoms with van der Waals surface area (Å²) in [7, 11) is -1.17. The van der Waals surface area contributed by atoms with E-state index in [1.54, 1.807) is 7.05 Å². The molecule has 1 aromatic rings. The lowest BCUT2D eigenvalue weighted by atomic mass is 10.3. The maximum atomic E-state index is 11.0. The Morgan fingerprint density at radius 2 is 1.95 bits per heavy atom. The minimum atomic E-state index is -4.26. The van der Waals surface area contributed by atoms with Crippen LogP contribution in [0.15, 0.2) is 44.4 Å². The van der Waals surface area contributed by atoms with E-state index in [9.17, 15) is 13.5 Å². The molecule has 3 N–H and O–H groups in total. The molecule has 1 aromatic carbocycles. The zero-order valence-electron chi connectivity index (χ0n) is 11.3. The highest BCUT2D eigenvalue weighted by atomic mass is 32.2. The molecule has 9 nitrogen and oxygen atoms in total. The number of benzene rings is 1. The van der Waals surface area contributed by atoms with Gasteiger partial charge in [0.15, 0.2) is 0 Å². The second-order valence-electron chi connectivity index (χ2n) is 4.06. The van der Waals surface area contributed by atoms with Crippen LogP contribution in [0.3, 0.4) is 0 Å². The van der Waals surface area contributed by atoms with Crippen LogP contribution in [0.2, 0.25) is 0 Å². The summed E-state index contributed by atoms with van der Waals surface area (Å²) in [6, 6.07) is 5.24. The van der Waals surface area contributed by atoms with E-state index in [0.717, 1.165) is 0 Å². The van der Waals surface area contributed by atoms with Gasteiger partial charge in [-0.1, -0.05) is 0 Å². The van der Waals surface area contributed by atoms with Crippen molar-refractivity contribution < 1.29 is 22.8 Å². The van der Waals surface area contributed by atoms with Crippen LogP contribution < -0.4 is 5.43 Å². The minimum Gasteiger partial charge on any atom is -0.330 e. The molecule has 0 radical (unpaired) electrons. The number of azo groups is 2. The predicted molar refractivity (Wildman–Crippen MR) is 74.5 cm³/mol. The molecular weight excluding hydrogens is 298 g/mol. The van der Waals surface area contributed by atoms with Gasteiger partial charge >= 0.3 is 6.23 Å². The normalized spacial score (nSPS) is 22.7. The van der Waals surface area contributed by atoms with E-state index in [1.165, 1.54) is 36.0 Å². The highest BCUT2D eigenvalue weighted by Gasteiger charge is 2.40. The number of aliphatic hydroxyl groups excluding tert-OH is 1. The Balaban J connectivity index is 2.41. The summed E-state index contributed by atoms with van der Waals surface area (Å²) in [6.45, 7) is 0. The Hall–Kier alpha value is -2.17. The number of hydrogen-bond acceptors (Lipinski definition) is 6. The summed E-state index contributed by atoms with van der Waals surface area (Å²) in [5.41, 5.74) is 3.23. The van der Waals surface area contributed by atoms with Gasteiger partial charge < -0.3 is 10.5 Å². The summed E-state index contributed by atoms with van der Waals surface area (Å²) in [5, 5.41) is 18.2. The van der Waals surface area contributed by atoms with E-state index in [0.29, 0.717) is 5.69 Å². The molecule has 0 fully saturated rings. The molecule has 0 saturated carbocycles. The van der Waals surface area contributed by atoms with Crippen LogP contribution in [-0.4, -0.2) is 54.6 Å². The van der Waals surface area contributed by atoms with Gasteiger partial charge in [0.1, 0.15) is 0 Å². The minimum absolute atomic E-state index is 0.242. The van der Waals surface area contributed by atoms with Crippen LogP contribution in [0.5, 0.6) is 0 Å². The molecule has 1 atom stereocenters. The van der Waals surface area contributed by atoms with E-state index in [-0.39, 0.29) is 16.4 Å². The quantitative estimate of drug-likeness (QED) is 0.410. The maximum absolute atomic E-state index is 11.0. The van der Waals surface area contributed by atoms with E-state index in [1.807, 2.05) is 0 Å². The Morgan fingerprint density at radius 3 is 2.43 bits per heavy atom. The van der Waals surface area contributed by atoms with Gasteiger partial charge in [-0.2, -0.15) is 13.5 Å². The molecule has 1 aliphatic heterocycles. The van der Waals surface area contributed by atoms with Crippen LogP contribution in [0.1, 0.15) is 0 Å². The van der Waals surface area contributed by atoms with Crippen LogP contribution in [0.25, 0.3) is 0 Å². The van der Waals surface area contributed by atoms with Crippen molar-refractivity contribution >= 4 is 27.4 Å². The second-order valence-corrected chi connectivity index (χ2v) is 5.48. The fraction of sp³-hybridized carbons (Fsp3) is 0.273. The lowest BCUT2D eigenvalue weighted by molar-refractivity contribution is -0.564. The molecule has 0 aliphatic carbocycles. The first-order valence-electron chi connectivity index (χ1n) is 5.86. The van der Waals surface area contributed by atoms with Gasteiger partial charge in [0, 0.05) is 31.3 Å². The molecule has 1 heterocycles. The van der Waals surface area contributed by atoms with Crippen molar-refractivity contribution in [3.8, 4) is 0 Å². The molecule has 0 spiro atoms. The number of hydrazone groups is 1. The van der Waals surface area contributed by atoms with Crippen molar-refractivity contribution in [2.24, 2.45) is 15.2 Å². The van der Waals surface area contributed by atoms with Gasteiger partial charge in [-0.15, -0.1) is 0 Å². The first-order chi connectivity index (χ1) is 9.88. The van der Waals surface area contributed by atoms with Gasteiger partial charge in [0.2, 0.25) is 17.2 Å². The number of rotatable bonds is 3. The third-order valence-corrected chi connectivity index (χ3v) is 3.62. The van der Waals surface area contributed by atoms with Crippen molar-refractivity contribution in [2.75, 3.05) is 14.1 Å². The second kappa shape index (κ2) is 5.68. The zero-order valence-corrected chi connectivity index (χ0v) is 12.1. The molecule has 0 aromatic heterocycles. The van der Waals surface area contributed by atoms with Crippen molar-refractivity contribution in [3.63, 3.8) is 0 Å². The monoisotopic (exact) mass is 312 g/mol. The largest absolute Gasteiger partial charge is 0.335 e. The van der Waals surface area contributed by atoms with Crippen molar-refractivity contribution in [1.82, 2.24) is 5.43 Å². The van der Waals surface area contributed by atoms with Crippen molar-refractivity contribution in [2.45, 2.75) is 11.1 Å². The smallest absolute Gasteiger partial charge is 0.330 e. The van der Waals surface area contributed by atoms with E-state index < -0.39 is 16.3 Å². The number of aliphatic hydroxyl groups is 1. The fourth-order valence-corrected chi connectivity index (χ4v) is 2.28. The third kappa shape index (κ3) is 2.96. The summed E-state index contributed by atoms with van der Waals surface area (Å²) < 4.78 is 32.1. The summed E-state index contributed by atoms with van der Waals surface area (Å²) in [5.74, 6) is 0.260. The van der Waals surface area contributed by atoms with Gasteiger partial charge in [0.05, 0.1) is 4.90 Å². The van der Waals surface area contributed by atoms with Crippen LogP contribution in [0, 0.1) is 0 Å². The number of aliphatic imine (C=N–C) groups is 1. The summed E-state index contributed by atoms with van der Waals surface area (Å²) in [4.78, 5) is 3.67. The number of nitrogens with zero attached hydrogens (tertiary/aromatic N) is 4. The van der Waals surface area contributed by atoms with E-state index >= 15 is 0 Å². The number of amidine groups is 1. The predicted octanol–water partition coefficient (Wildman–Crippen LogP) is -0.0348. The van der Waals surface area contributed by atoms with Gasteiger partial charge in [0.25, 0.3) is 10.1 Å². The molecule has 1 aliphatic rings. The third-order valence-electron chi connectivity index (χ3n) is 2.75. The number of hydrogen-bond donors (Lipinski definition) is 3. The molecule has 0 amide bonds. The Morgan fingerprint density at radius 1 is 1.33 bits per heavy atom. The van der Waals surface area contributed by atoms with Gasteiger partial charge in [-0.05, 0) is 16.8 Å². The summed E-state index contributed by atoms with van der Waals surface area (Å²) in [6.07, 6.45) is -1.15. The SMILES string of the molecule is CN=C1N=[N+](c2ccc(S(=O)(=O)O)cc2)C(O)C1=NNC. The van der Waals surface area contributed by atoms with Crippen molar-refractivity contribution in [1.29, 1.82) is 0 Å². The first-order valence-corrected chi connectivity index (χ1v) is 7.30. The van der Waals surface area contributed by atoms with Gasteiger partial charge in [-0.3, -0.25) is 9.55 Å². The van der Waals surface area contributed by atoms with E-state index in [2.05, 4.69) is 20.6 Å². The molecular formula is C11H14N5O4S+. The average Bonchev–Trinajstić information content (AvgIpc) is 2.76. The molecule has 21 heavy (non-hydrogen) atoms. The topological polar surface area (TPSA) is 127 Å². The Bertz CT molecular complexity index is 736. The van der Waals surface area contributed by atoms with Crippen LogP contribution in [0.4, 0.5) is 5.69 Å². The van der Waals surface area contributed by atoms with Crippen molar-refractivity contribution in [3.05, 3.63) is 24.3 Å². The Labute approximate surface area is 121 Å². The van der Waals surface area contributed by atoms with Crippen LogP contribution in [-0.2, 0) is 10.1 Å². The summed E-state index contributed by atoms with van der Waals surface area (Å²) >= 11 is 0. The standard InChI is InChI=1S/C11H13N5O4S/c1-12-10-9(14-13-2)11(17)16(15-10)7-3-5-8(6-4-7)21(18,19)20/h3-6,11,13,17H,1-2H3/p+1. The highest BCUT2D eigenvalue weighted by molar-refractivity contribution is 7.85. The molecule has 2 rings (SSSR count). The first kappa shape index (κ1) is 15.2. The lowest BCUT2D eigenvalue weighted by Crippen LogP contribution is -2.28. The molecule has 112 valence electrons. The molecule has 0 saturated heterocycles. The zero-order chi connectivity index (χ0) is 15.6. The fourth-order valence-electron chi connectivity index (χ4n) is 1.80. The average molecular weight is 312 g/mol. The van der Waals surface area contributed by atoms with Crippen LogP contribution >= 0.6 is 0 Å². The number of nitrogens with one attached hydrogen (secondary N) is 1. The Kier molecular flexibility index (Phi) is 4.11. The van der Waals surface area contributed by atoms with E-state index in [4.69, 9.17) is 4.55 Å². The molecule has 1 unspecified atom stereocenters. The van der Waals surface area contributed by atoms with Gasteiger partial charge in [-0.25, -0.2) is 0 Å². The highest BCUT2D eigenvalue weighted by Crippen LogP contribution is 2.22. The molecule has 10 heteroatoms. The molecule has 0 bridgehead atoms.